The minimum absolute atomic E-state index is 0.00868. The molecule has 0 saturated carbocycles. The lowest BCUT2D eigenvalue weighted by molar-refractivity contribution is -0.270. The van der Waals surface area contributed by atoms with E-state index >= 15 is 0 Å². The van der Waals surface area contributed by atoms with Crippen LogP contribution < -0.4 is 5.73 Å². The van der Waals surface area contributed by atoms with E-state index in [0.717, 1.165) is 0 Å². The number of halogens is 3. The van der Waals surface area contributed by atoms with Gasteiger partial charge in [0, 0.05) is 19.6 Å². The number of hydrogen-bond donors (Lipinski definition) is 2. The number of hydrogen-bond acceptors (Lipinski definition) is 2. The standard InChI is InChI=1S/C8H14F3N3O/c1-2-15-7(8(9,10)11)3-4-14(5-7)6(12)13/h2-5H2,1H3,(H3,12,13)/t7-/m0/s1. The summed E-state index contributed by atoms with van der Waals surface area (Å²) in [4.78, 5) is 1.17. The third-order valence-electron chi connectivity index (χ3n) is 2.51. The average Bonchev–Trinajstić information content (AvgIpc) is 2.49. The third kappa shape index (κ3) is 2.17. The van der Waals surface area contributed by atoms with E-state index < -0.39 is 11.8 Å². The first-order valence-corrected chi connectivity index (χ1v) is 4.62. The molecule has 4 nitrogen and oxygen atoms in total. The summed E-state index contributed by atoms with van der Waals surface area (Å²) in [5, 5.41) is 7.09. The van der Waals surface area contributed by atoms with Crippen LogP contribution in [0.4, 0.5) is 13.2 Å². The zero-order chi connectivity index (χ0) is 11.7. The summed E-state index contributed by atoms with van der Waals surface area (Å²) >= 11 is 0. The second-order valence-corrected chi connectivity index (χ2v) is 3.48. The average molecular weight is 225 g/mol. The molecule has 1 fully saturated rings. The Morgan fingerprint density at radius 3 is 2.53 bits per heavy atom. The molecule has 88 valence electrons. The van der Waals surface area contributed by atoms with Crippen molar-refractivity contribution in [3.63, 3.8) is 0 Å². The van der Waals surface area contributed by atoms with Crippen LogP contribution in [0.1, 0.15) is 13.3 Å². The molecule has 0 aromatic carbocycles. The SMILES string of the molecule is CCO[C@@]1(C(F)(F)F)CCN(C(=N)N)C1. The van der Waals surface area contributed by atoms with Gasteiger partial charge >= 0.3 is 6.18 Å². The molecule has 0 amide bonds. The largest absolute Gasteiger partial charge is 0.419 e. The van der Waals surface area contributed by atoms with Crippen molar-refractivity contribution in [2.75, 3.05) is 19.7 Å². The van der Waals surface area contributed by atoms with Crippen LogP contribution in [0.15, 0.2) is 0 Å². The van der Waals surface area contributed by atoms with Gasteiger partial charge in [-0.1, -0.05) is 0 Å². The highest BCUT2D eigenvalue weighted by molar-refractivity contribution is 5.75. The Hall–Kier alpha value is -0.980. The van der Waals surface area contributed by atoms with Gasteiger partial charge in [-0.3, -0.25) is 5.41 Å². The van der Waals surface area contributed by atoms with Crippen LogP contribution >= 0.6 is 0 Å². The lowest BCUT2D eigenvalue weighted by atomic mass is 10.0. The van der Waals surface area contributed by atoms with Gasteiger partial charge in [-0.2, -0.15) is 13.2 Å². The molecule has 7 heteroatoms. The van der Waals surface area contributed by atoms with Gasteiger partial charge in [-0.25, -0.2) is 0 Å². The van der Waals surface area contributed by atoms with E-state index in [9.17, 15) is 13.2 Å². The van der Waals surface area contributed by atoms with Crippen LogP contribution in [-0.4, -0.2) is 42.3 Å². The highest BCUT2D eigenvalue weighted by Crippen LogP contribution is 2.40. The fourth-order valence-electron chi connectivity index (χ4n) is 1.69. The minimum atomic E-state index is -4.42. The van der Waals surface area contributed by atoms with E-state index in [4.69, 9.17) is 15.9 Å². The molecule has 3 N–H and O–H groups in total. The number of alkyl halides is 3. The summed E-state index contributed by atoms with van der Waals surface area (Å²) in [5.41, 5.74) is 2.99. The summed E-state index contributed by atoms with van der Waals surface area (Å²) in [6.45, 7) is 1.23. The smallest absolute Gasteiger partial charge is 0.370 e. The zero-order valence-corrected chi connectivity index (χ0v) is 8.40. The monoisotopic (exact) mass is 225 g/mol. The van der Waals surface area contributed by atoms with Gasteiger partial charge < -0.3 is 15.4 Å². The van der Waals surface area contributed by atoms with E-state index in [0.29, 0.717) is 0 Å². The number of rotatable bonds is 2. The third-order valence-corrected chi connectivity index (χ3v) is 2.51. The van der Waals surface area contributed by atoms with Crippen molar-refractivity contribution in [3.8, 4) is 0 Å². The first-order chi connectivity index (χ1) is 6.82. The van der Waals surface area contributed by atoms with Crippen molar-refractivity contribution in [2.45, 2.75) is 25.1 Å². The Morgan fingerprint density at radius 2 is 2.20 bits per heavy atom. The number of likely N-dealkylation sites (tertiary alicyclic amines) is 1. The van der Waals surface area contributed by atoms with Crippen LogP contribution in [0, 0.1) is 5.41 Å². The van der Waals surface area contributed by atoms with Crippen molar-refractivity contribution in [1.29, 1.82) is 5.41 Å². The second kappa shape index (κ2) is 3.88. The lowest BCUT2D eigenvalue weighted by Gasteiger charge is -2.31. The van der Waals surface area contributed by atoms with Gasteiger partial charge in [0.1, 0.15) is 0 Å². The molecule has 0 aromatic heterocycles. The summed E-state index contributed by atoms with van der Waals surface area (Å²) in [5.74, 6) is -0.346. The van der Waals surface area contributed by atoms with E-state index in [1.165, 1.54) is 11.8 Å². The molecular weight excluding hydrogens is 211 g/mol. The molecule has 0 spiro atoms. The maximum atomic E-state index is 12.8. The molecule has 1 atom stereocenters. The molecule has 0 bridgehead atoms. The fraction of sp³-hybridized carbons (Fsp3) is 0.875. The molecule has 1 aliphatic heterocycles. The summed E-state index contributed by atoms with van der Waals surface area (Å²) in [7, 11) is 0. The Kier molecular flexibility index (Phi) is 3.13. The van der Waals surface area contributed by atoms with Gasteiger partial charge in [0.2, 0.25) is 0 Å². The Balaban J connectivity index is 2.83. The van der Waals surface area contributed by atoms with Crippen molar-refractivity contribution in [1.82, 2.24) is 4.90 Å². The van der Waals surface area contributed by atoms with Gasteiger partial charge in [-0.15, -0.1) is 0 Å². The quantitative estimate of drug-likeness (QED) is 0.542. The number of ether oxygens (including phenoxy) is 1. The van der Waals surface area contributed by atoms with Gasteiger partial charge in [-0.05, 0) is 6.92 Å². The minimum Gasteiger partial charge on any atom is -0.370 e. The number of nitrogens with two attached hydrogens (primary N) is 1. The molecule has 15 heavy (non-hydrogen) atoms. The van der Waals surface area contributed by atoms with Crippen LogP contribution in [0.3, 0.4) is 0 Å². The molecule has 0 unspecified atom stereocenters. The highest BCUT2D eigenvalue weighted by atomic mass is 19.4. The number of guanidine groups is 1. The van der Waals surface area contributed by atoms with E-state index in [-0.39, 0.29) is 32.1 Å². The van der Waals surface area contributed by atoms with Crippen LogP contribution in [-0.2, 0) is 4.74 Å². The predicted molar refractivity (Wildman–Crippen MR) is 48.5 cm³/mol. The van der Waals surface area contributed by atoms with Crippen LogP contribution in [0.2, 0.25) is 0 Å². The Labute approximate surface area is 85.7 Å². The summed E-state index contributed by atoms with van der Waals surface area (Å²) < 4.78 is 43.1. The van der Waals surface area contributed by atoms with Crippen molar-refractivity contribution >= 4 is 5.96 Å². The lowest BCUT2D eigenvalue weighted by Crippen LogP contribution is -2.51. The molecule has 1 rings (SSSR count). The van der Waals surface area contributed by atoms with Gasteiger partial charge in [0.25, 0.3) is 0 Å². The van der Waals surface area contributed by atoms with Crippen LogP contribution in [0.5, 0.6) is 0 Å². The predicted octanol–water partition coefficient (Wildman–Crippen LogP) is 0.923. The van der Waals surface area contributed by atoms with Crippen molar-refractivity contribution < 1.29 is 17.9 Å². The van der Waals surface area contributed by atoms with Crippen LogP contribution in [0.25, 0.3) is 0 Å². The number of nitrogens with zero attached hydrogens (tertiary/aromatic N) is 1. The molecular formula is C8H14F3N3O. The number of nitrogens with one attached hydrogen (secondary N) is 1. The first kappa shape index (κ1) is 12.1. The van der Waals surface area contributed by atoms with E-state index in [2.05, 4.69) is 0 Å². The second-order valence-electron chi connectivity index (χ2n) is 3.48. The first-order valence-electron chi connectivity index (χ1n) is 4.62. The summed E-state index contributed by atoms with van der Waals surface area (Å²) in [6, 6.07) is 0. The van der Waals surface area contributed by atoms with Crippen molar-refractivity contribution in [2.24, 2.45) is 5.73 Å². The van der Waals surface area contributed by atoms with Gasteiger partial charge in [0.05, 0.1) is 6.54 Å². The Morgan fingerprint density at radius 1 is 1.60 bits per heavy atom. The summed E-state index contributed by atoms with van der Waals surface area (Å²) in [6.07, 6.45) is -4.60. The molecule has 0 aromatic rings. The maximum absolute atomic E-state index is 12.8. The maximum Gasteiger partial charge on any atom is 0.419 e. The van der Waals surface area contributed by atoms with E-state index in [1.54, 1.807) is 0 Å². The molecule has 0 aliphatic carbocycles. The fourth-order valence-corrected chi connectivity index (χ4v) is 1.69. The molecule has 1 aliphatic rings. The molecule has 0 radical (unpaired) electrons. The Bertz CT molecular complexity index is 256. The highest BCUT2D eigenvalue weighted by Gasteiger charge is 2.59. The topological polar surface area (TPSA) is 62.3 Å². The molecule has 1 heterocycles. The van der Waals surface area contributed by atoms with E-state index in [1.807, 2.05) is 0 Å². The molecule has 1 saturated heterocycles. The van der Waals surface area contributed by atoms with Gasteiger partial charge in [0.15, 0.2) is 11.6 Å². The van der Waals surface area contributed by atoms with Crippen molar-refractivity contribution in [3.05, 3.63) is 0 Å². The normalized spacial score (nSPS) is 27.1. The zero-order valence-electron chi connectivity index (χ0n) is 8.40.